The van der Waals surface area contributed by atoms with Crippen LogP contribution in [0.15, 0.2) is 59.5 Å². The molecule has 144 valence electrons. The lowest BCUT2D eigenvalue weighted by molar-refractivity contribution is 0.0598. The van der Waals surface area contributed by atoms with Gasteiger partial charge in [0.1, 0.15) is 5.56 Å². The van der Waals surface area contributed by atoms with Crippen LogP contribution < -0.4 is 5.43 Å². The van der Waals surface area contributed by atoms with E-state index in [9.17, 15) is 9.59 Å². The number of methoxy groups -OCH3 is 1. The van der Waals surface area contributed by atoms with Gasteiger partial charge in [0, 0.05) is 18.1 Å². The summed E-state index contributed by atoms with van der Waals surface area (Å²) in [6.45, 7) is 0.588. The minimum absolute atomic E-state index is 0.0896. The number of fused-ring (bicyclic) bond motifs is 1. The monoisotopic (exact) mass is 375 g/mol. The SMILES string of the molecule is COC(=O)c1cn(Cc2ccccc2)c2ccc(C3CCCCC3)cc2c1=O. The highest BCUT2D eigenvalue weighted by Gasteiger charge is 2.20. The molecule has 3 aromatic rings. The fourth-order valence-electron chi connectivity index (χ4n) is 4.27. The van der Waals surface area contributed by atoms with Crippen molar-refractivity contribution >= 4 is 16.9 Å². The minimum atomic E-state index is -0.586. The average molecular weight is 375 g/mol. The van der Waals surface area contributed by atoms with Crippen LogP contribution in [0.5, 0.6) is 0 Å². The van der Waals surface area contributed by atoms with Gasteiger partial charge in [-0.3, -0.25) is 4.79 Å². The van der Waals surface area contributed by atoms with E-state index >= 15 is 0 Å². The van der Waals surface area contributed by atoms with Gasteiger partial charge in [0.2, 0.25) is 5.43 Å². The van der Waals surface area contributed by atoms with E-state index in [1.165, 1.54) is 44.8 Å². The fourth-order valence-corrected chi connectivity index (χ4v) is 4.27. The zero-order valence-corrected chi connectivity index (χ0v) is 16.2. The summed E-state index contributed by atoms with van der Waals surface area (Å²) >= 11 is 0. The number of benzene rings is 2. The first-order valence-corrected chi connectivity index (χ1v) is 9.96. The first-order valence-electron chi connectivity index (χ1n) is 9.96. The lowest BCUT2D eigenvalue weighted by atomic mass is 9.83. The maximum Gasteiger partial charge on any atom is 0.343 e. The summed E-state index contributed by atoms with van der Waals surface area (Å²) in [5.74, 6) is -0.0845. The number of esters is 1. The molecule has 0 unspecified atom stereocenters. The Morgan fingerprint density at radius 3 is 2.54 bits per heavy atom. The van der Waals surface area contributed by atoms with E-state index in [1.54, 1.807) is 6.20 Å². The molecule has 4 rings (SSSR count). The van der Waals surface area contributed by atoms with Crippen LogP contribution in [-0.4, -0.2) is 17.6 Å². The zero-order chi connectivity index (χ0) is 19.5. The molecular weight excluding hydrogens is 350 g/mol. The lowest BCUT2D eigenvalue weighted by Gasteiger charge is -2.22. The van der Waals surface area contributed by atoms with Crippen LogP contribution in [0.2, 0.25) is 0 Å². The predicted octanol–water partition coefficient (Wildman–Crippen LogP) is 4.88. The highest BCUT2D eigenvalue weighted by molar-refractivity contribution is 5.94. The quantitative estimate of drug-likeness (QED) is 0.611. The van der Waals surface area contributed by atoms with Crippen LogP contribution in [0, 0.1) is 0 Å². The molecule has 1 saturated carbocycles. The van der Waals surface area contributed by atoms with Gasteiger partial charge in [0.05, 0.1) is 12.6 Å². The van der Waals surface area contributed by atoms with Gasteiger partial charge in [-0.25, -0.2) is 4.79 Å². The Balaban J connectivity index is 1.86. The van der Waals surface area contributed by atoms with Crippen molar-refractivity contribution in [3.05, 3.63) is 81.6 Å². The number of aromatic nitrogens is 1. The lowest BCUT2D eigenvalue weighted by Crippen LogP contribution is -2.21. The molecule has 1 fully saturated rings. The summed E-state index contributed by atoms with van der Waals surface area (Å²) in [6.07, 6.45) is 7.73. The summed E-state index contributed by atoms with van der Waals surface area (Å²) < 4.78 is 6.84. The molecule has 1 aliphatic rings. The molecule has 2 aromatic carbocycles. The molecule has 4 heteroatoms. The van der Waals surface area contributed by atoms with Crippen molar-refractivity contribution < 1.29 is 9.53 Å². The van der Waals surface area contributed by atoms with Crippen molar-refractivity contribution in [2.45, 2.75) is 44.6 Å². The van der Waals surface area contributed by atoms with E-state index < -0.39 is 5.97 Å². The van der Waals surface area contributed by atoms with E-state index in [0.717, 1.165) is 11.1 Å². The third-order valence-electron chi connectivity index (χ3n) is 5.78. The molecule has 1 aromatic heterocycles. The van der Waals surface area contributed by atoms with Crippen molar-refractivity contribution in [1.82, 2.24) is 4.57 Å². The third-order valence-corrected chi connectivity index (χ3v) is 5.78. The number of pyridine rings is 1. The van der Waals surface area contributed by atoms with Crippen molar-refractivity contribution in [3.8, 4) is 0 Å². The predicted molar refractivity (Wildman–Crippen MR) is 111 cm³/mol. The first kappa shape index (κ1) is 18.5. The minimum Gasteiger partial charge on any atom is -0.465 e. The number of hydrogen-bond acceptors (Lipinski definition) is 3. The van der Waals surface area contributed by atoms with Crippen LogP contribution in [0.3, 0.4) is 0 Å². The summed E-state index contributed by atoms with van der Waals surface area (Å²) in [6, 6.07) is 16.2. The Hall–Kier alpha value is -2.88. The molecule has 0 amide bonds. The van der Waals surface area contributed by atoms with E-state index in [2.05, 4.69) is 6.07 Å². The highest BCUT2D eigenvalue weighted by atomic mass is 16.5. The molecule has 1 heterocycles. The molecule has 0 spiro atoms. The molecule has 4 nitrogen and oxygen atoms in total. The molecule has 0 N–H and O–H groups in total. The van der Waals surface area contributed by atoms with Gasteiger partial charge >= 0.3 is 5.97 Å². The van der Waals surface area contributed by atoms with Gasteiger partial charge in [-0.15, -0.1) is 0 Å². The average Bonchev–Trinajstić information content (AvgIpc) is 2.76. The Bertz CT molecular complexity index is 1050. The molecule has 0 bridgehead atoms. The summed E-state index contributed by atoms with van der Waals surface area (Å²) in [4.78, 5) is 25.3. The summed E-state index contributed by atoms with van der Waals surface area (Å²) in [5, 5.41) is 0.599. The summed E-state index contributed by atoms with van der Waals surface area (Å²) in [5.41, 5.74) is 3.01. The summed E-state index contributed by atoms with van der Waals surface area (Å²) in [7, 11) is 1.31. The second-order valence-electron chi connectivity index (χ2n) is 7.59. The van der Waals surface area contributed by atoms with Crippen molar-refractivity contribution in [2.75, 3.05) is 7.11 Å². The zero-order valence-electron chi connectivity index (χ0n) is 16.2. The number of nitrogens with zero attached hydrogens (tertiary/aromatic N) is 1. The Morgan fingerprint density at radius 1 is 1.07 bits per heavy atom. The Morgan fingerprint density at radius 2 is 1.82 bits per heavy atom. The fraction of sp³-hybridized carbons (Fsp3) is 0.333. The van der Waals surface area contributed by atoms with Gasteiger partial charge < -0.3 is 9.30 Å². The molecule has 1 aliphatic carbocycles. The third kappa shape index (κ3) is 3.59. The number of ether oxygens (including phenoxy) is 1. The number of rotatable bonds is 4. The van der Waals surface area contributed by atoms with Crippen molar-refractivity contribution in [3.63, 3.8) is 0 Å². The van der Waals surface area contributed by atoms with E-state index in [1.807, 2.05) is 47.0 Å². The van der Waals surface area contributed by atoms with Crippen LogP contribution in [0.25, 0.3) is 10.9 Å². The maximum atomic E-state index is 13.1. The van der Waals surface area contributed by atoms with Gasteiger partial charge in [0.25, 0.3) is 0 Å². The largest absolute Gasteiger partial charge is 0.465 e. The van der Waals surface area contributed by atoms with Crippen LogP contribution >= 0.6 is 0 Å². The first-order chi connectivity index (χ1) is 13.7. The molecule has 0 atom stereocenters. The van der Waals surface area contributed by atoms with Crippen molar-refractivity contribution in [2.24, 2.45) is 0 Å². The van der Waals surface area contributed by atoms with Gasteiger partial charge in [-0.2, -0.15) is 0 Å². The molecule has 28 heavy (non-hydrogen) atoms. The molecular formula is C24H25NO3. The molecule has 0 saturated heterocycles. The standard InChI is InChI=1S/C24H25NO3/c1-28-24(27)21-16-25(15-17-8-4-2-5-9-17)22-13-12-19(14-20(22)23(21)26)18-10-6-3-7-11-18/h2,4-5,8-9,12-14,16,18H,3,6-7,10-11,15H2,1H3. The molecule has 0 aliphatic heterocycles. The topological polar surface area (TPSA) is 48.3 Å². The van der Waals surface area contributed by atoms with Gasteiger partial charge in [-0.1, -0.05) is 55.7 Å². The second-order valence-corrected chi connectivity index (χ2v) is 7.59. The maximum absolute atomic E-state index is 13.1. The van der Waals surface area contributed by atoms with E-state index in [-0.39, 0.29) is 11.0 Å². The van der Waals surface area contributed by atoms with Gasteiger partial charge in [-0.05, 0) is 42.0 Å². The van der Waals surface area contributed by atoms with Crippen LogP contribution in [0.4, 0.5) is 0 Å². The normalized spacial score (nSPS) is 14.9. The van der Waals surface area contributed by atoms with Crippen LogP contribution in [0.1, 0.15) is 59.5 Å². The van der Waals surface area contributed by atoms with Crippen molar-refractivity contribution in [1.29, 1.82) is 0 Å². The van der Waals surface area contributed by atoms with Crippen LogP contribution in [-0.2, 0) is 11.3 Å². The Labute approximate surface area is 164 Å². The molecule has 0 radical (unpaired) electrons. The van der Waals surface area contributed by atoms with Gasteiger partial charge in [0.15, 0.2) is 0 Å². The van der Waals surface area contributed by atoms with E-state index in [4.69, 9.17) is 4.74 Å². The number of carbonyl (C=O) groups excluding carboxylic acids is 1. The van der Waals surface area contributed by atoms with E-state index in [0.29, 0.717) is 17.8 Å². The Kier molecular flexibility index (Phi) is 5.29. The smallest absolute Gasteiger partial charge is 0.343 e. The second kappa shape index (κ2) is 8.01. The highest BCUT2D eigenvalue weighted by Crippen LogP contribution is 2.33. The number of carbonyl (C=O) groups is 1. The number of hydrogen-bond donors (Lipinski definition) is 0.